The molecule has 6 nitrogen and oxygen atoms in total. The number of rotatable bonds is 4. The van der Waals surface area contributed by atoms with Crippen molar-refractivity contribution in [3.05, 3.63) is 40.7 Å². The van der Waals surface area contributed by atoms with Crippen LogP contribution < -0.4 is 0 Å². The van der Waals surface area contributed by atoms with Crippen LogP contribution in [0.5, 0.6) is 0 Å². The minimum absolute atomic E-state index is 0.00166. The minimum Gasteiger partial charge on any atom is -0.263 e. The van der Waals surface area contributed by atoms with Gasteiger partial charge in [-0.15, -0.1) is 0 Å². The highest BCUT2D eigenvalue weighted by atomic mass is 35.5. The fourth-order valence-corrected chi connectivity index (χ4v) is 2.96. The molecule has 0 radical (unpaired) electrons. The zero-order valence-electron chi connectivity index (χ0n) is 10.8. The number of benzene rings is 1. The first kappa shape index (κ1) is 14.9. The van der Waals surface area contributed by atoms with Gasteiger partial charge in [-0.1, -0.05) is 11.6 Å². The van der Waals surface area contributed by atoms with Crippen LogP contribution in [0, 0.1) is 12.7 Å². The monoisotopic (exact) mass is 318 g/mol. The molecule has 20 heavy (non-hydrogen) atoms. The maximum absolute atomic E-state index is 13.1. The van der Waals surface area contributed by atoms with Gasteiger partial charge in [-0.05, 0) is 25.1 Å². The predicted octanol–water partition coefficient (Wildman–Crippen LogP) is 1.73. The van der Waals surface area contributed by atoms with Crippen LogP contribution >= 0.6 is 11.6 Å². The Balaban J connectivity index is 2.27. The van der Waals surface area contributed by atoms with Crippen molar-refractivity contribution in [2.75, 3.05) is 7.05 Å². The SMILES string of the molecule is Cc1nc(CN(C)S(=O)(=O)c2ccc(F)c(Cl)c2)n[nH]1. The minimum atomic E-state index is -3.78. The van der Waals surface area contributed by atoms with Crippen LogP contribution in [0.4, 0.5) is 4.39 Å². The van der Waals surface area contributed by atoms with Gasteiger partial charge in [0.1, 0.15) is 11.6 Å². The van der Waals surface area contributed by atoms with E-state index in [9.17, 15) is 12.8 Å². The molecular weight excluding hydrogens is 307 g/mol. The molecule has 0 aliphatic heterocycles. The molecule has 0 spiro atoms. The van der Waals surface area contributed by atoms with E-state index in [0.29, 0.717) is 11.6 Å². The molecule has 1 N–H and O–H groups in total. The van der Waals surface area contributed by atoms with E-state index in [-0.39, 0.29) is 16.5 Å². The van der Waals surface area contributed by atoms with Crippen LogP contribution in [-0.2, 0) is 16.6 Å². The van der Waals surface area contributed by atoms with Gasteiger partial charge >= 0.3 is 0 Å². The molecule has 1 heterocycles. The van der Waals surface area contributed by atoms with Crippen molar-refractivity contribution in [1.29, 1.82) is 0 Å². The molecule has 0 aliphatic rings. The van der Waals surface area contributed by atoms with Crippen molar-refractivity contribution < 1.29 is 12.8 Å². The molecular formula is C11H12ClFN4O2S. The van der Waals surface area contributed by atoms with Crippen LogP contribution in [0.1, 0.15) is 11.6 Å². The molecule has 0 atom stereocenters. The number of aromatic nitrogens is 3. The van der Waals surface area contributed by atoms with E-state index in [4.69, 9.17) is 11.6 Å². The normalized spacial score (nSPS) is 12.1. The number of nitrogens with zero attached hydrogens (tertiary/aromatic N) is 3. The maximum atomic E-state index is 13.1. The molecule has 0 saturated carbocycles. The van der Waals surface area contributed by atoms with Gasteiger partial charge in [0.25, 0.3) is 0 Å². The smallest absolute Gasteiger partial charge is 0.243 e. The molecule has 2 aromatic rings. The second kappa shape index (κ2) is 5.47. The number of nitrogens with one attached hydrogen (secondary N) is 1. The molecule has 0 aliphatic carbocycles. The van der Waals surface area contributed by atoms with Crippen molar-refractivity contribution in [3.63, 3.8) is 0 Å². The van der Waals surface area contributed by atoms with E-state index in [1.807, 2.05) is 0 Å². The summed E-state index contributed by atoms with van der Waals surface area (Å²) in [6.07, 6.45) is 0. The van der Waals surface area contributed by atoms with Crippen LogP contribution in [0.3, 0.4) is 0 Å². The summed E-state index contributed by atoms with van der Waals surface area (Å²) in [7, 11) is -2.39. The average molecular weight is 319 g/mol. The van der Waals surface area contributed by atoms with Gasteiger partial charge in [0.15, 0.2) is 5.82 Å². The van der Waals surface area contributed by atoms with Crippen molar-refractivity contribution in [3.8, 4) is 0 Å². The summed E-state index contributed by atoms with van der Waals surface area (Å²) in [5.74, 6) is 0.273. The Kier molecular flexibility index (Phi) is 4.07. The van der Waals surface area contributed by atoms with Gasteiger partial charge < -0.3 is 0 Å². The quantitative estimate of drug-likeness (QED) is 0.931. The van der Waals surface area contributed by atoms with Crippen molar-refractivity contribution in [2.24, 2.45) is 0 Å². The third-order valence-corrected chi connectivity index (χ3v) is 4.70. The highest BCUT2D eigenvalue weighted by Gasteiger charge is 2.23. The van der Waals surface area contributed by atoms with E-state index < -0.39 is 15.8 Å². The summed E-state index contributed by atoms with van der Waals surface area (Å²) < 4.78 is 38.7. The van der Waals surface area contributed by atoms with Crippen molar-refractivity contribution >= 4 is 21.6 Å². The van der Waals surface area contributed by atoms with Crippen molar-refractivity contribution in [1.82, 2.24) is 19.5 Å². The largest absolute Gasteiger partial charge is 0.263 e. The fourth-order valence-electron chi connectivity index (χ4n) is 1.56. The second-order valence-corrected chi connectivity index (χ2v) is 6.63. The molecule has 0 bridgehead atoms. The zero-order valence-corrected chi connectivity index (χ0v) is 12.3. The van der Waals surface area contributed by atoms with E-state index in [1.165, 1.54) is 7.05 Å². The van der Waals surface area contributed by atoms with Gasteiger partial charge in [-0.25, -0.2) is 17.8 Å². The Morgan fingerprint density at radius 1 is 1.45 bits per heavy atom. The highest BCUT2D eigenvalue weighted by Crippen LogP contribution is 2.22. The summed E-state index contributed by atoms with van der Waals surface area (Å²) in [5, 5.41) is 6.25. The van der Waals surface area contributed by atoms with Gasteiger partial charge in [-0.2, -0.15) is 9.40 Å². The topological polar surface area (TPSA) is 79.0 Å². The number of aromatic amines is 1. The molecule has 0 fully saturated rings. The van der Waals surface area contributed by atoms with Gasteiger partial charge in [-0.3, -0.25) is 5.10 Å². The molecule has 1 aromatic heterocycles. The van der Waals surface area contributed by atoms with E-state index in [0.717, 1.165) is 22.5 Å². The maximum Gasteiger partial charge on any atom is 0.243 e. The lowest BCUT2D eigenvalue weighted by Gasteiger charge is -2.15. The Bertz CT molecular complexity index is 732. The summed E-state index contributed by atoms with van der Waals surface area (Å²) in [5.41, 5.74) is 0. The standard InChI is InChI=1S/C11H12ClFN4O2S/c1-7-14-11(16-15-7)6-17(2)20(18,19)8-3-4-10(13)9(12)5-8/h3-5H,6H2,1-2H3,(H,14,15,16). The van der Waals surface area contributed by atoms with Crippen LogP contribution in [-0.4, -0.2) is 35.0 Å². The van der Waals surface area contributed by atoms with Crippen LogP contribution in [0.15, 0.2) is 23.1 Å². The van der Waals surface area contributed by atoms with Gasteiger partial charge in [0, 0.05) is 7.05 Å². The highest BCUT2D eigenvalue weighted by molar-refractivity contribution is 7.89. The van der Waals surface area contributed by atoms with Crippen molar-refractivity contribution in [2.45, 2.75) is 18.4 Å². The summed E-state index contributed by atoms with van der Waals surface area (Å²) in [4.78, 5) is 3.95. The first-order valence-corrected chi connectivity index (χ1v) is 7.42. The first-order chi connectivity index (χ1) is 9.30. The van der Waals surface area contributed by atoms with Gasteiger partial charge in [0.05, 0.1) is 16.5 Å². The lowest BCUT2D eigenvalue weighted by molar-refractivity contribution is 0.457. The average Bonchev–Trinajstić information content (AvgIpc) is 2.78. The molecule has 9 heteroatoms. The Morgan fingerprint density at radius 2 is 2.15 bits per heavy atom. The number of halogens is 2. The third-order valence-electron chi connectivity index (χ3n) is 2.61. The van der Waals surface area contributed by atoms with E-state index >= 15 is 0 Å². The number of aryl methyl sites for hydroxylation is 1. The zero-order chi connectivity index (χ0) is 14.9. The van der Waals surface area contributed by atoms with Gasteiger partial charge in [0.2, 0.25) is 10.0 Å². The summed E-state index contributed by atoms with van der Waals surface area (Å²) in [6.45, 7) is 1.71. The first-order valence-electron chi connectivity index (χ1n) is 5.60. The lowest BCUT2D eigenvalue weighted by Crippen LogP contribution is -2.27. The second-order valence-electron chi connectivity index (χ2n) is 4.17. The molecule has 0 amide bonds. The lowest BCUT2D eigenvalue weighted by atomic mass is 10.3. The number of H-pyrrole nitrogens is 1. The Hall–Kier alpha value is -1.51. The number of sulfonamides is 1. The van der Waals surface area contributed by atoms with Crippen LogP contribution in [0.25, 0.3) is 0 Å². The molecule has 0 saturated heterocycles. The summed E-state index contributed by atoms with van der Waals surface area (Å²) in [6, 6.07) is 3.25. The molecule has 2 rings (SSSR count). The third kappa shape index (κ3) is 2.97. The van der Waals surface area contributed by atoms with E-state index in [2.05, 4.69) is 15.2 Å². The number of hydrogen-bond donors (Lipinski definition) is 1. The fraction of sp³-hybridized carbons (Fsp3) is 0.273. The van der Waals surface area contributed by atoms with E-state index in [1.54, 1.807) is 6.92 Å². The molecule has 108 valence electrons. The molecule has 1 aromatic carbocycles. The summed E-state index contributed by atoms with van der Waals surface area (Å²) >= 11 is 5.60. The Labute approximate surface area is 120 Å². The van der Waals surface area contributed by atoms with Crippen LogP contribution in [0.2, 0.25) is 5.02 Å². The molecule has 0 unspecified atom stereocenters. The Morgan fingerprint density at radius 3 is 2.70 bits per heavy atom. The number of hydrogen-bond acceptors (Lipinski definition) is 4. The predicted molar refractivity (Wildman–Crippen MR) is 71.2 cm³/mol.